The first-order chi connectivity index (χ1) is 8.83. The van der Waals surface area contributed by atoms with E-state index >= 15 is 0 Å². The van der Waals surface area contributed by atoms with Gasteiger partial charge in [-0.3, -0.25) is 4.99 Å². The Bertz CT molecular complexity index is 425. The minimum absolute atomic E-state index is 0.480. The van der Waals surface area contributed by atoms with Gasteiger partial charge < -0.3 is 11.1 Å². The Balaban J connectivity index is 1.45. The molecule has 1 aromatic heterocycles. The van der Waals surface area contributed by atoms with Crippen LogP contribution in [-0.4, -0.2) is 17.5 Å². The van der Waals surface area contributed by atoms with Crippen LogP contribution in [0, 0.1) is 17.8 Å². The van der Waals surface area contributed by atoms with E-state index in [1.807, 2.05) is 18.2 Å². The fourth-order valence-electron chi connectivity index (χ4n) is 2.75. The van der Waals surface area contributed by atoms with Gasteiger partial charge in [0.25, 0.3) is 0 Å². The van der Waals surface area contributed by atoms with Gasteiger partial charge in [-0.25, -0.2) is 4.98 Å². The molecule has 96 valence electrons. The van der Waals surface area contributed by atoms with Crippen LogP contribution in [0.4, 0.5) is 5.82 Å². The van der Waals surface area contributed by atoms with Gasteiger partial charge in [0, 0.05) is 12.7 Å². The number of aliphatic imine (C=N–C) groups is 1. The van der Waals surface area contributed by atoms with Crippen LogP contribution in [0.5, 0.6) is 0 Å². The third-order valence-electron chi connectivity index (χ3n) is 4.15. The van der Waals surface area contributed by atoms with Gasteiger partial charge >= 0.3 is 0 Å². The van der Waals surface area contributed by atoms with Gasteiger partial charge in [0.15, 0.2) is 5.96 Å². The number of aromatic nitrogens is 1. The number of nitrogens with one attached hydrogen (secondary N) is 1. The second kappa shape index (κ2) is 4.96. The summed E-state index contributed by atoms with van der Waals surface area (Å²) in [5, 5.41) is 3.01. The van der Waals surface area contributed by atoms with Crippen molar-refractivity contribution in [2.24, 2.45) is 28.5 Å². The van der Waals surface area contributed by atoms with Crippen LogP contribution < -0.4 is 11.1 Å². The Morgan fingerprint density at radius 3 is 3.00 bits per heavy atom. The molecule has 2 atom stereocenters. The first kappa shape index (κ1) is 11.5. The lowest BCUT2D eigenvalue weighted by molar-refractivity contribution is 0.266. The van der Waals surface area contributed by atoms with Crippen molar-refractivity contribution in [1.29, 1.82) is 0 Å². The lowest BCUT2D eigenvalue weighted by Crippen LogP contribution is -2.23. The predicted molar refractivity (Wildman–Crippen MR) is 73.3 cm³/mol. The van der Waals surface area contributed by atoms with E-state index < -0.39 is 0 Å². The molecule has 2 aliphatic rings. The van der Waals surface area contributed by atoms with Gasteiger partial charge in [0.05, 0.1) is 0 Å². The molecule has 3 N–H and O–H groups in total. The number of nitrogens with zero attached hydrogens (tertiary/aromatic N) is 2. The highest BCUT2D eigenvalue weighted by Crippen LogP contribution is 2.51. The molecule has 0 aromatic carbocycles. The molecule has 0 unspecified atom stereocenters. The van der Waals surface area contributed by atoms with E-state index in [4.69, 9.17) is 5.73 Å². The zero-order chi connectivity index (χ0) is 12.4. The smallest absolute Gasteiger partial charge is 0.194 e. The predicted octanol–water partition coefficient (Wildman–Crippen LogP) is 2.24. The highest BCUT2D eigenvalue weighted by Gasteiger charge is 2.44. The highest BCUT2D eigenvalue weighted by atomic mass is 15.1. The molecule has 3 rings (SSSR count). The number of anilines is 1. The maximum Gasteiger partial charge on any atom is 0.194 e. The Hall–Kier alpha value is -1.58. The van der Waals surface area contributed by atoms with E-state index in [2.05, 4.69) is 15.3 Å². The molecule has 0 aliphatic heterocycles. The van der Waals surface area contributed by atoms with Gasteiger partial charge in [-0.2, -0.15) is 0 Å². The molecule has 1 aromatic rings. The van der Waals surface area contributed by atoms with Crippen LogP contribution >= 0.6 is 0 Å². The van der Waals surface area contributed by atoms with E-state index in [1.165, 1.54) is 25.7 Å². The van der Waals surface area contributed by atoms with Gasteiger partial charge in [-0.15, -0.1) is 0 Å². The molecule has 2 aliphatic carbocycles. The van der Waals surface area contributed by atoms with Gasteiger partial charge in [0.1, 0.15) is 5.82 Å². The molecular formula is C14H20N4. The van der Waals surface area contributed by atoms with Crippen LogP contribution in [0.3, 0.4) is 0 Å². The molecule has 0 spiro atoms. The largest absolute Gasteiger partial charge is 0.370 e. The summed E-state index contributed by atoms with van der Waals surface area (Å²) in [6, 6.07) is 5.69. The third-order valence-corrected chi connectivity index (χ3v) is 4.15. The number of nitrogens with two attached hydrogens (primary N) is 1. The van der Waals surface area contributed by atoms with Gasteiger partial charge in [-0.1, -0.05) is 25.3 Å². The van der Waals surface area contributed by atoms with Crippen molar-refractivity contribution in [3.05, 3.63) is 24.4 Å². The molecule has 18 heavy (non-hydrogen) atoms. The second-order valence-corrected chi connectivity index (χ2v) is 5.42. The first-order valence-corrected chi connectivity index (χ1v) is 6.81. The topological polar surface area (TPSA) is 63.3 Å². The van der Waals surface area contributed by atoms with Gasteiger partial charge in [-0.05, 0) is 36.3 Å². The molecule has 2 saturated carbocycles. The van der Waals surface area contributed by atoms with Crippen LogP contribution in [0.1, 0.15) is 25.7 Å². The molecule has 0 bridgehead atoms. The number of hydrogen-bond acceptors (Lipinski definition) is 2. The fourth-order valence-corrected chi connectivity index (χ4v) is 2.75. The van der Waals surface area contributed by atoms with E-state index in [1.54, 1.807) is 6.20 Å². The van der Waals surface area contributed by atoms with E-state index in [0.29, 0.717) is 5.96 Å². The van der Waals surface area contributed by atoms with E-state index in [0.717, 1.165) is 30.1 Å². The van der Waals surface area contributed by atoms with Crippen molar-refractivity contribution in [3.8, 4) is 0 Å². The van der Waals surface area contributed by atoms with Crippen LogP contribution in [0.2, 0.25) is 0 Å². The Kier molecular flexibility index (Phi) is 3.17. The van der Waals surface area contributed by atoms with Crippen molar-refractivity contribution >= 4 is 11.8 Å². The van der Waals surface area contributed by atoms with Crippen molar-refractivity contribution < 1.29 is 0 Å². The van der Waals surface area contributed by atoms with Crippen molar-refractivity contribution in [2.75, 3.05) is 11.9 Å². The summed E-state index contributed by atoms with van der Waals surface area (Å²) in [6.07, 6.45) is 7.40. The highest BCUT2D eigenvalue weighted by molar-refractivity contribution is 5.91. The maximum absolute atomic E-state index is 5.85. The molecule has 4 heteroatoms. The lowest BCUT2D eigenvalue weighted by Gasteiger charge is -2.25. The fraction of sp³-hybridized carbons (Fsp3) is 0.571. The first-order valence-electron chi connectivity index (χ1n) is 6.81. The molecule has 1 heterocycles. The quantitative estimate of drug-likeness (QED) is 0.630. The second-order valence-electron chi connectivity index (χ2n) is 5.42. The van der Waals surface area contributed by atoms with E-state index in [-0.39, 0.29) is 0 Å². The summed E-state index contributed by atoms with van der Waals surface area (Å²) in [4.78, 5) is 8.57. The zero-order valence-corrected chi connectivity index (χ0v) is 10.5. The molecule has 4 nitrogen and oxygen atoms in total. The summed E-state index contributed by atoms with van der Waals surface area (Å²) in [5.41, 5.74) is 5.85. The normalized spacial score (nSPS) is 27.7. The Morgan fingerprint density at radius 2 is 2.33 bits per heavy atom. The van der Waals surface area contributed by atoms with Gasteiger partial charge in [0.2, 0.25) is 0 Å². The number of guanidine groups is 1. The van der Waals surface area contributed by atoms with E-state index in [9.17, 15) is 0 Å². The molecule has 0 radical (unpaired) electrons. The summed E-state index contributed by atoms with van der Waals surface area (Å²) in [7, 11) is 0. The maximum atomic E-state index is 5.85. The average molecular weight is 244 g/mol. The number of hydrogen-bond donors (Lipinski definition) is 2. The average Bonchev–Trinajstić information content (AvgIpc) is 3.05. The third kappa shape index (κ3) is 2.63. The zero-order valence-electron chi connectivity index (χ0n) is 10.5. The van der Waals surface area contributed by atoms with Crippen LogP contribution in [0.25, 0.3) is 0 Å². The Morgan fingerprint density at radius 1 is 1.44 bits per heavy atom. The number of pyridine rings is 1. The lowest BCUT2D eigenvalue weighted by atomic mass is 9.81. The summed E-state index contributed by atoms with van der Waals surface area (Å²) in [6.45, 7) is 0.868. The van der Waals surface area contributed by atoms with Crippen molar-refractivity contribution in [2.45, 2.75) is 25.7 Å². The van der Waals surface area contributed by atoms with Crippen LogP contribution in [0.15, 0.2) is 29.4 Å². The minimum Gasteiger partial charge on any atom is -0.370 e. The van der Waals surface area contributed by atoms with Crippen molar-refractivity contribution in [1.82, 2.24) is 4.98 Å². The SMILES string of the molecule is NC(=NC[C@@H]1C[C@H]1C1CCC1)Nc1ccccn1. The van der Waals surface area contributed by atoms with Crippen LogP contribution in [-0.2, 0) is 0 Å². The molecule has 0 saturated heterocycles. The summed E-state index contributed by atoms with van der Waals surface area (Å²) < 4.78 is 0. The standard InChI is InChI=1S/C14H20N4/c15-14(18-13-6-1-2-7-16-13)17-9-11-8-12(11)10-4-3-5-10/h1-2,6-7,10-12H,3-5,8-9H2,(H3,15,16,17,18)/t11-,12-/m0/s1. The van der Waals surface area contributed by atoms with Crippen molar-refractivity contribution in [3.63, 3.8) is 0 Å². The summed E-state index contributed by atoms with van der Waals surface area (Å²) in [5.74, 6) is 3.94. The molecular weight excluding hydrogens is 224 g/mol. The minimum atomic E-state index is 0.480. The molecule has 0 amide bonds. The molecule has 2 fully saturated rings. The Labute approximate surface area is 108 Å². The monoisotopic (exact) mass is 244 g/mol. The summed E-state index contributed by atoms with van der Waals surface area (Å²) >= 11 is 0. The number of rotatable bonds is 4.